The predicted molar refractivity (Wildman–Crippen MR) is 113 cm³/mol. The molecule has 3 N–H and O–H groups in total. The van der Waals surface area contributed by atoms with E-state index in [0.29, 0.717) is 18.6 Å². The Balaban J connectivity index is 1.99. The fraction of sp³-hybridized carbons (Fsp3) is 0.500. The molecule has 0 saturated carbocycles. The normalized spacial score (nSPS) is 13.5. The smallest absolute Gasteiger partial charge is 0.248 e. The van der Waals surface area contributed by atoms with E-state index in [1.807, 2.05) is 34.6 Å². The minimum atomic E-state index is -0.818. The number of carbonyl (C=O) groups is 2. The molecule has 0 fully saturated rings. The molecular weight excluding hydrogens is 406 g/mol. The second-order valence-corrected chi connectivity index (χ2v) is 8.58. The summed E-state index contributed by atoms with van der Waals surface area (Å²) in [7, 11) is 0. The van der Waals surface area contributed by atoms with Gasteiger partial charge in [-0.05, 0) is 51.8 Å². The summed E-state index contributed by atoms with van der Waals surface area (Å²) >= 11 is 0. The van der Waals surface area contributed by atoms with Crippen LogP contribution in [-0.4, -0.2) is 28.6 Å². The monoisotopic (exact) mass is 436 g/mol. The van der Waals surface area contributed by atoms with Crippen molar-refractivity contribution in [1.82, 2.24) is 15.8 Å². The molecular formula is C22H30F2N4O3. The molecule has 170 valence electrons. The standard InChI is InChI=1S/C22H30F2N4O3/c1-6-7-17(25-20(29)10-14-8-15(23)11-16(24)9-14)21(30)26-19-12-18(31-28-19)13(2)27-22(3,4)5/h8-9,11-13,17,27H,6-7,10H2,1-5H3,(H,25,29)(H,26,28,30). The molecule has 0 saturated heterocycles. The summed E-state index contributed by atoms with van der Waals surface area (Å²) < 4.78 is 32.0. The molecule has 2 unspecified atom stereocenters. The molecule has 2 amide bonds. The molecule has 0 spiro atoms. The number of benzene rings is 1. The third-order valence-corrected chi connectivity index (χ3v) is 4.37. The minimum absolute atomic E-state index is 0.115. The maximum atomic E-state index is 13.3. The number of carbonyl (C=O) groups excluding carboxylic acids is 2. The number of nitrogens with zero attached hydrogens (tertiary/aromatic N) is 1. The van der Waals surface area contributed by atoms with Crippen LogP contribution in [0, 0.1) is 11.6 Å². The zero-order valence-electron chi connectivity index (χ0n) is 18.5. The summed E-state index contributed by atoms with van der Waals surface area (Å²) in [6.45, 7) is 9.88. The lowest BCUT2D eigenvalue weighted by Gasteiger charge is -2.24. The Morgan fingerprint density at radius 2 is 1.77 bits per heavy atom. The van der Waals surface area contributed by atoms with Gasteiger partial charge in [-0.1, -0.05) is 18.5 Å². The number of rotatable bonds is 9. The molecule has 0 bridgehead atoms. The molecule has 0 aliphatic heterocycles. The van der Waals surface area contributed by atoms with Crippen LogP contribution in [0.3, 0.4) is 0 Å². The fourth-order valence-corrected chi connectivity index (χ4v) is 3.19. The molecule has 31 heavy (non-hydrogen) atoms. The first kappa shape index (κ1) is 24.5. The highest BCUT2D eigenvalue weighted by Crippen LogP contribution is 2.19. The van der Waals surface area contributed by atoms with Gasteiger partial charge in [0.25, 0.3) is 0 Å². The van der Waals surface area contributed by atoms with Crippen LogP contribution in [0.2, 0.25) is 0 Å². The van der Waals surface area contributed by atoms with E-state index in [0.717, 1.165) is 18.2 Å². The van der Waals surface area contributed by atoms with E-state index in [1.165, 1.54) is 0 Å². The van der Waals surface area contributed by atoms with E-state index in [9.17, 15) is 18.4 Å². The first-order valence-electron chi connectivity index (χ1n) is 10.3. The van der Waals surface area contributed by atoms with Crippen LogP contribution >= 0.6 is 0 Å². The molecule has 7 nitrogen and oxygen atoms in total. The van der Waals surface area contributed by atoms with Gasteiger partial charge in [-0.2, -0.15) is 0 Å². The van der Waals surface area contributed by atoms with Gasteiger partial charge in [0.05, 0.1) is 12.5 Å². The number of nitrogens with one attached hydrogen (secondary N) is 3. The van der Waals surface area contributed by atoms with Gasteiger partial charge in [-0.3, -0.25) is 9.59 Å². The Bertz CT molecular complexity index is 888. The summed E-state index contributed by atoms with van der Waals surface area (Å²) in [6, 6.07) is 3.60. The summed E-state index contributed by atoms with van der Waals surface area (Å²) in [5.41, 5.74) is 0.0589. The molecule has 2 aromatic rings. The maximum Gasteiger partial charge on any atom is 0.248 e. The number of aromatic nitrogens is 1. The SMILES string of the molecule is CCCC(NC(=O)Cc1cc(F)cc(F)c1)C(=O)Nc1cc(C(C)NC(C)(C)C)on1. The number of hydrogen-bond donors (Lipinski definition) is 3. The highest BCUT2D eigenvalue weighted by atomic mass is 19.1. The summed E-state index contributed by atoms with van der Waals surface area (Å²) in [5, 5.41) is 12.5. The Morgan fingerprint density at radius 1 is 1.13 bits per heavy atom. The van der Waals surface area contributed by atoms with Gasteiger partial charge in [0.15, 0.2) is 11.6 Å². The van der Waals surface area contributed by atoms with Crippen LogP contribution < -0.4 is 16.0 Å². The van der Waals surface area contributed by atoms with Crippen molar-refractivity contribution < 1.29 is 22.9 Å². The largest absolute Gasteiger partial charge is 0.358 e. The molecule has 1 heterocycles. The maximum absolute atomic E-state index is 13.3. The molecule has 1 aromatic carbocycles. The average molecular weight is 437 g/mol. The van der Waals surface area contributed by atoms with Gasteiger partial charge in [-0.15, -0.1) is 0 Å². The third kappa shape index (κ3) is 8.09. The van der Waals surface area contributed by atoms with Crippen molar-refractivity contribution in [3.63, 3.8) is 0 Å². The molecule has 9 heteroatoms. The van der Waals surface area contributed by atoms with Gasteiger partial charge in [0, 0.05) is 17.7 Å². The van der Waals surface area contributed by atoms with E-state index in [-0.39, 0.29) is 29.4 Å². The molecule has 0 radical (unpaired) electrons. The highest BCUT2D eigenvalue weighted by Gasteiger charge is 2.23. The first-order chi connectivity index (χ1) is 14.5. The summed E-state index contributed by atoms with van der Waals surface area (Å²) in [4.78, 5) is 25.0. The van der Waals surface area contributed by atoms with E-state index in [4.69, 9.17) is 4.52 Å². The van der Waals surface area contributed by atoms with E-state index in [1.54, 1.807) is 6.07 Å². The lowest BCUT2D eigenvalue weighted by atomic mass is 10.1. The van der Waals surface area contributed by atoms with Crippen LogP contribution in [0.15, 0.2) is 28.8 Å². The molecule has 1 aromatic heterocycles. The van der Waals surface area contributed by atoms with Crippen molar-refractivity contribution in [3.8, 4) is 0 Å². The zero-order chi connectivity index (χ0) is 23.2. The predicted octanol–water partition coefficient (Wildman–Crippen LogP) is 3.87. The lowest BCUT2D eigenvalue weighted by Crippen LogP contribution is -2.44. The Kier molecular flexibility index (Phi) is 8.27. The zero-order valence-corrected chi connectivity index (χ0v) is 18.5. The molecule has 0 aliphatic carbocycles. The van der Waals surface area contributed by atoms with E-state index >= 15 is 0 Å². The van der Waals surface area contributed by atoms with Crippen molar-refractivity contribution in [2.24, 2.45) is 0 Å². The average Bonchev–Trinajstić information content (AvgIpc) is 3.07. The Labute approximate surface area is 181 Å². The number of halogens is 2. The number of hydrogen-bond acceptors (Lipinski definition) is 5. The van der Waals surface area contributed by atoms with Crippen molar-refractivity contribution in [2.75, 3.05) is 5.32 Å². The van der Waals surface area contributed by atoms with Crippen molar-refractivity contribution >= 4 is 17.6 Å². The molecule has 0 aliphatic rings. The van der Waals surface area contributed by atoms with Crippen LogP contribution in [0.4, 0.5) is 14.6 Å². The van der Waals surface area contributed by atoms with Gasteiger partial charge in [-0.25, -0.2) is 8.78 Å². The van der Waals surface area contributed by atoms with Crippen molar-refractivity contribution in [1.29, 1.82) is 0 Å². The van der Waals surface area contributed by atoms with Crippen LogP contribution in [0.25, 0.3) is 0 Å². The van der Waals surface area contributed by atoms with Crippen molar-refractivity contribution in [2.45, 2.75) is 71.5 Å². The molecule has 2 rings (SSSR count). The number of anilines is 1. The Morgan fingerprint density at radius 3 is 2.35 bits per heavy atom. The summed E-state index contributed by atoms with van der Waals surface area (Å²) in [6.07, 6.45) is 0.789. The van der Waals surface area contributed by atoms with Crippen LogP contribution in [0.1, 0.15) is 64.8 Å². The molecule has 2 atom stereocenters. The minimum Gasteiger partial charge on any atom is -0.358 e. The Hall–Kier alpha value is -2.81. The highest BCUT2D eigenvalue weighted by molar-refractivity contribution is 5.96. The van der Waals surface area contributed by atoms with E-state index in [2.05, 4.69) is 21.1 Å². The van der Waals surface area contributed by atoms with Crippen LogP contribution in [0.5, 0.6) is 0 Å². The second-order valence-electron chi connectivity index (χ2n) is 8.58. The second kappa shape index (κ2) is 10.5. The topological polar surface area (TPSA) is 96.3 Å². The van der Waals surface area contributed by atoms with Gasteiger partial charge >= 0.3 is 0 Å². The lowest BCUT2D eigenvalue weighted by molar-refractivity contribution is -0.126. The number of amides is 2. The fourth-order valence-electron chi connectivity index (χ4n) is 3.19. The quantitative estimate of drug-likeness (QED) is 0.555. The summed E-state index contributed by atoms with van der Waals surface area (Å²) in [5.74, 6) is -1.68. The third-order valence-electron chi connectivity index (χ3n) is 4.37. The van der Waals surface area contributed by atoms with Gasteiger partial charge in [0.1, 0.15) is 17.7 Å². The van der Waals surface area contributed by atoms with Gasteiger partial charge < -0.3 is 20.5 Å². The van der Waals surface area contributed by atoms with Gasteiger partial charge in [0.2, 0.25) is 11.8 Å². The first-order valence-corrected chi connectivity index (χ1v) is 10.3. The van der Waals surface area contributed by atoms with Crippen molar-refractivity contribution in [3.05, 3.63) is 47.2 Å². The van der Waals surface area contributed by atoms with Crippen LogP contribution in [-0.2, 0) is 16.0 Å². The van der Waals surface area contributed by atoms with E-state index < -0.39 is 29.5 Å².